The van der Waals surface area contributed by atoms with Gasteiger partial charge < -0.3 is 20.5 Å². The predicted octanol–water partition coefficient (Wildman–Crippen LogP) is 3.58. The van der Waals surface area contributed by atoms with E-state index in [9.17, 15) is 9.90 Å². The molecule has 5 atom stereocenters. The minimum absolute atomic E-state index is 0.0305. The number of amides is 1. The van der Waals surface area contributed by atoms with Crippen molar-refractivity contribution in [2.24, 2.45) is 5.92 Å². The van der Waals surface area contributed by atoms with Crippen molar-refractivity contribution in [3.8, 4) is 11.5 Å². The van der Waals surface area contributed by atoms with E-state index in [1.54, 1.807) is 13.0 Å². The van der Waals surface area contributed by atoms with Crippen molar-refractivity contribution in [3.05, 3.63) is 53.6 Å². The molecule has 7 rings (SSSR count). The van der Waals surface area contributed by atoms with Crippen molar-refractivity contribution in [3.63, 3.8) is 0 Å². The fourth-order valence-electron chi connectivity index (χ4n) is 7.99. The van der Waals surface area contributed by atoms with Gasteiger partial charge in [-0.2, -0.15) is 0 Å². The van der Waals surface area contributed by atoms with Crippen LogP contribution >= 0.6 is 0 Å². The summed E-state index contributed by atoms with van der Waals surface area (Å²) in [6.07, 6.45) is 6.12. The first kappa shape index (κ1) is 20.6. The minimum atomic E-state index is -0.391. The van der Waals surface area contributed by atoms with E-state index in [4.69, 9.17) is 4.74 Å². The Balaban J connectivity index is 1.39. The maximum Gasteiger partial charge on any atom is 0.217 e. The molecule has 3 aliphatic carbocycles. The van der Waals surface area contributed by atoms with Crippen molar-refractivity contribution in [1.29, 1.82) is 0 Å². The number of hydrogen-bond acceptors (Lipinski definition) is 5. The van der Waals surface area contributed by atoms with Crippen LogP contribution in [0.4, 0.5) is 5.69 Å². The summed E-state index contributed by atoms with van der Waals surface area (Å²) >= 11 is 0. The Hall–Kier alpha value is -2.73. The smallest absolute Gasteiger partial charge is 0.217 e. The molecule has 178 valence electrons. The van der Waals surface area contributed by atoms with Gasteiger partial charge >= 0.3 is 0 Å². The Kier molecular flexibility index (Phi) is 4.33. The summed E-state index contributed by atoms with van der Waals surface area (Å²) in [5, 5.41) is 18.2. The van der Waals surface area contributed by atoms with Crippen molar-refractivity contribution >= 4 is 11.6 Å². The highest BCUT2D eigenvalue weighted by atomic mass is 16.5. The van der Waals surface area contributed by atoms with Crippen LogP contribution in [0.1, 0.15) is 50.2 Å². The molecule has 5 aliphatic rings. The molecular weight excluding hydrogens is 426 g/mol. The van der Waals surface area contributed by atoms with Gasteiger partial charge in [0, 0.05) is 30.8 Å². The fourth-order valence-corrected chi connectivity index (χ4v) is 7.99. The molecule has 6 nitrogen and oxygen atoms in total. The van der Waals surface area contributed by atoms with Gasteiger partial charge in [-0.15, -0.1) is 0 Å². The number of benzene rings is 2. The standard InChI is InChI=1S/C28H33N3O3/c1-17(32)30-28-12-11-21(29-20-5-3-2-4-6-20)26-27(28)13-14-31(16-18-7-8-18)23(28)15-19-9-10-22(33)25(34-26)24(19)27/h2-6,9-10,18,21,23,26,29,33H,7-8,11-16H2,1H3,(H,30,32)/t21-,23+,26-,27-,28+/m0/s1. The van der Waals surface area contributed by atoms with Crippen LogP contribution in [0, 0.1) is 5.92 Å². The van der Waals surface area contributed by atoms with E-state index in [1.807, 2.05) is 18.2 Å². The number of para-hydroxylation sites is 1. The number of aromatic hydroxyl groups is 1. The molecule has 1 saturated heterocycles. The third-order valence-corrected chi connectivity index (χ3v) is 9.34. The number of ether oxygens (including phenoxy) is 1. The summed E-state index contributed by atoms with van der Waals surface area (Å²) < 4.78 is 6.75. The molecule has 2 bridgehead atoms. The summed E-state index contributed by atoms with van der Waals surface area (Å²) in [6, 6.07) is 14.6. The third kappa shape index (κ3) is 2.69. The maximum absolute atomic E-state index is 12.8. The Bertz CT molecular complexity index is 1150. The van der Waals surface area contributed by atoms with E-state index in [2.05, 4.69) is 33.7 Å². The maximum atomic E-state index is 12.8. The van der Waals surface area contributed by atoms with Gasteiger partial charge in [-0.05, 0) is 74.8 Å². The first-order valence-corrected chi connectivity index (χ1v) is 12.9. The average Bonchev–Trinajstić information content (AvgIpc) is 3.56. The van der Waals surface area contributed by atoms with Gasteiger partial charge in [-0.25, -0.2) is 0 Å². The normalized spacial score (nSPS) is 35.3. The highest BCUT2D eigenvalue weighted by Gasteiger charge is 2.73. The molecule has 2 saturated carbocycles. The molecule has 2 aromatic rings. The van der Waals surface area contributed by atoms with Gasteiger partial charge in [0.25, 0.3) is 0 Å². The number of hydrogen-bond donors (Lipinski definition) is 3. The lowest BCUT2D eigenvalue weighted by molar-refractivity contribution is -0.133. The zero-order valence-electron chi connectivity index (χ0n) is 19.7. The summed E-state index contributed by atoms with van der Waals surface area (Å²) in [5.74, 6) is 1.69. The van der Waals surface area contributed by atoms with Crippen molar-refractivity contribution in [2.75, 3.05) is 18.4 Å². The number of nitrogens with one attached hydrogen (secondary N) is 2. The van der Waals surface area contributed by atoms with Gasteiger partial charge in [-0.1, -0.05) is 24.3 Å². The van der Waals surface area contributed by atoms with Crippen molar-refractivity contribution in [2.45, 2.75) is 74.6 Å². The molecule has 2 aromatic carbocycles. The molecule has 0 aromatic heterocycles. The van der Waals surface area contributed by atoms with Crippen LogP contribution < -0.4 is 15.4 Å². The molecule has 0 radical (unpaired) electrons. The van der Waals surface area contributed by atoms with Crippen LogP contribution in [-0.4, -0.2) is 52.7 Å². The second kappa shape index (κ2) is 7.14. The van der Waals surface area contributed by atoms with Crippen LogP contribution in [-0.2, 0) is 16.6 Å². The van der Waals surface area contributed by atoms with Crippen LogP contribution in [0.3, 0.4) is 0 Å². The molecule has 2 heterocycles. The van der Waals surface area contributed by atoms with Gasteiger partial charge in [0.2, 0.25) is 5.91 Å². The van der Waals surface area contributed by atoms with Gasteiger partial charge in [-0.3, -0.25) is 9.69 Å². The van der Waals surface area contributed by atoms with Gasteiger partial charge in [0.05, 0.1) is 17.0 Å². The second-order valence-electron chi connectivity index (χ2n) is 11.2. The van der Waals surface area contributed by atoms with Crippen LogP contribution in [0.25, 0.3) is 0 Å². The topological polar surface area (TPSA) is 73.8 Å². The van der Waals surface area contributed by atoms with E-state index in [1.165, 1.54) is 18.4 Å². The van der Waals surface area contributed by atoms with E-state index in [0.29, 0.717) is 5.75 Å². The number of carbonyl (C=O) groups is 1. The molecule has 6 heteroatoms. The number of phenols is 1. The molecule has 1 spiro atoms. The number of likely N-dealkylation sites (tertiary alicyclic amines) is 1. The Morgan fingerprint density at radius 2 is 1.97 bits per heavy atom. The minimum Gasteiger partial charge on any atom is -0.504 e. The average molecular weight is 460 g/mol. The number of anilines is 1. The Labute approximate surface area is 200 Å². The van der Waals surface area contributed by atoms with E-state index >= 15 is 0 Å². The van der Waals surface area contributed by atoms with Crippen molar-refractivity contribution < 1.29 is 14.6 Å². The molecule has 0 unspecified atom stereocenters. The fraction of sp³-hybridized carbons (Fsp3) is 0.536. The molecule has 3 fully saturated rings. The first-order chi connectivity index (χ1) is 16.5. The van der Waals surface area contributed by atoms with Gasteiger partial charge in [0.1, 0.15) is 6.10 Å². The largest absolute Gasteiger partial charge is 0.504 e. The first-order valence-electron chi connectivity index (χ1n) is 12.9. The van der Waals surface area contributed by atoms with Crippen LogP contribution in [0.5, 0.6) is 11.5 Å². The summed E-state index contributed by atoms with van der Waals surface area (Å²) in [7, 11) is 0. The summed E-state index contributed by atoms with van der Waals surface area (Å²) in [6.45, 7) is 3.79. The lowest BCUT2D eigenvalue weighted by atomic mass is 9.46. The van der Waals surface area contributed by atoms with E-state index in [-0.39, 0.29) is 35.3 Å². The van der Waals surface area contributed by atoms with E-state index in [0.717, 1.165) is 55.9 Å². The van der Waals surface area contributed by atoms with Crippen LogP contribution in [0.15, 0.2) is 42.5 Å². The molecule has 1 amide bonds. The lowest BCUT2D eigenvalue weighted by Crippen LogP contribution is -2.82. The summed E-state index contributed by atoms with van der Waals surface area (Å²) in [5.41, 5.74) is 2.78. The number of piperidine rings is 1. The highest BCUT2D eigenvalue weighted by Crippen LogP contribution is 2.65. The molecule has 3 N–H and O–H groups in total. The number of rotatable bonds is 5. The molecular formula is C28H33N3O3. The SMILES string of the molecule is CC(=O)N[C@@]12CC[C@H](Nc3ccccc3)[C@@H]3Oc4c(O)ccc5c4[C@@]31CCN(CC1CC1)[C@@H]2C5. The molecule has 34 heavy (non-hydrogen) atoms. The second-order valence-corrected chi connectivity index (χ2v) is 11.2. The quantitative estimate of drug-likeness (QED) is 0.637. The van der Waals surface area contributed by atoms with Crippen LogP contribution in [0.2, 0.25) is 0 Å². The van der Waals surface area contributed by atoms with Crippen molar-refractivity contribution in [1.82, 2.24) is 10.2 Å². The Morgan fingerprint density at radius 3 is 2.74 bits per heavy atom. The third-order valence-electron chi connectivity index (χ3n) is 9.34. The lowest BCUT2D eigenvalue weighted by Gasteiger charge is -2.66. The zero-order valence-corrected chi connectivity index (χ0v) is 19.7. The zero-order chi connectivity index (χ0) is 23.1. The van der Waals surface area contributed by atoms with E-state index < -0.39 is 5.54 Å². The number of phenolic OH excluding ortho intramolecular Hbond substituents is 1. The highest BCUT2D eigenvalue weighted by molar-refractivity contribution is 5.76. The molecule has 2 aliphatic heterocycles. The Morgan fingerprint density at radius 1 is 1.15 bits per heavy atom. The van der Waals surface area contributed by atoms with Gasteiger partial charge in [0.15, 0.2) is 11.5 Å². The number of nitrogens with zero attached hydrogens (tertiary/aromatic N) is 1. The number of carbonyl (C=O) groups excluding carboxylic acids is 1. The monoisotopic (exact) mass is 459 g/mol. The summed E-state index contributed by atoms with van der Waals surface area (Å²) in [4.78, 5) is 15.4. The predicted molar refractivity (Wildman–Crippen MR) is 130 cm³/mol.